The molecule has 1 atom stereocenters. The molecule has 24 heavy (non-hydrogen) atoms. The molecule has 1 amide bonds. The molecule has 6 heteroatoms. The Kier molecular flexibility index (Phi) is 5.18. The van der Waals surface area contributed by atoms with Gasteiger partial charge in [-0.3, -0.25) is 9.59 Å². The molecular formula is C18H20N2O4. The number of ketones is 1. The van der Waals surface area contributed by atoms with Crippen molar-refractivity contribution < 1.29 is 19.5 Å². The average molecular weight is 328 g/mol. The van der Waals surface area contributed by atoms with E-state index in [1.807, 2.05) is 6.92 Å². The van der Waals surface area contributed by atoms with Crippen LogP contribution in [0.25, 0.3) is 0 Å². The van der Waals surface area contributed by atoms with Crippen molar-refractivity contribution in [2.75, 3.05) is 0 Å². The highest BCUT2D eigenvalue weighted by Gasteiger charge is 2.26. The lowest BCUT2D eigenvalue weighted by Gasteiger charge is -2.15. The van der Waals surface area contributed by atoms with Crippen molar-refractivity contribution >= 4 is 17.7 Å². The van der Waals surface area contributed by atoms with Gasteiger partial charge in [0.2, 0.25) is 0 Å². The van der Waals surface area contributed by atoms with Gasteiger partial charge in [0.15, 0.2) is 11.8 Å². The summed E-state index contributed by atoms with van der Waals surface area (Å²) < 4.78 is 0. The van der Waals surface area contributed by atoms with Crippen LogP contribution in [-0.2, 0) is 11.2 Å². The maximum absolute atomic E-state index is 12.6. The van der Waals surface area contributed by atoms with Gasteiger partial charge in [-0.05, 0) is 31.4 Å². The highest BCUT2D eigenvalue weighted by molar-refractivity contribution is 6.03. The molecular weight excluding hydrogens is 308 g/mol. The van der Waals surface area contributed by atoms with Gasteiger partial charge >= 0.3 is 5.97 Å². The Balaban J connectivity index is 2.37. The number of carbonyl (C=O) groups excluding carboxylic acids is 2. The van der Waals surface area contributed by atoms with E-state index in [1.54, 1.807) is 37.3 Å². The summed E-state index contributed by atoms with van der Waals surface area (Å²) in [5, 5.41) is 11.9. The first-order chi connectivity index (χ1) is 11.4. The number of rotatable bonds is 6. The van der Waals surface area contributed by atoms with E-state index in [1.165, 1.54) is 6.92 Å². The zero-order chi connectivity index (χ0) is 17.9. The van der Waals surface area contributed by atoms with Crippen LogP contribution in [0, 0.1) is 6.92 Å². The molecule has 0 unspecified atom stereocenters. The van der Waals surface area contributed by atoms with E-state index in [2.05, 4.69) is 10.3 Å². The summed E-state index contributed by atoms with van der Waals surface area (Å²) in [6.45, 7) is 5.01. The van der Waals surface area contributed by atoms with Crippen molar-refractivity contribution in [1.29, 1.82) is 0 Å². The number of hydrogen-bond donors (Lipinski definition) is 3. The van der Waals surface area contributed by atoms with E-state index in [9.17, 15) is 19.5 Å². The third kappa shape index (κ3) is 3.37. The third-order valence-corrected chi connectivity index (χ3v) is 3.88. The first-order valence-electron chi connectivity index (χ1n) is 7.67. The predicted octanol–water partition coefficient (Wildman–Crippen LogP) is 2.64. The minimum Gasteiger partial charge on any atom is -0.479 e. The molecule has 3 N–H and O–H groups in total. The maximum atomic E-state index is 12.6. The fourth-order valence-corrected chi connectivity index (χ4v) is 2.84. The van der Waals surface area contributed by atoms with Gasteiger partial charge in [-0.15, -0.1) is 0 Å². The van der Waals surface area contributed by atoms with Gasteiger partial charge in [0.1, 0.15) is 5.69 Å². The highest BCUT2D eigenvalue weighted by atomic mass is 16.4. The third-order valence-electron chi connectivity index (χ3n) is 3.88. The molecule has 0 aliphatic rings. The molecule has 2 rings (SSSR count). The molecule has 0 radical (unpaired) electrons. The molecule has 2 aromatic rings. The second-order valence-electron chi connectivity index (χ2n) is 5.54. The van der Waals surface area contributed by atoms with Gasteiger partial charge < -0.3 is 15.4 Å². The number of benzene rings is 1. The Morgan fingerprint density at radius 1 is 1.21 bits per heavy atom. The van der Waals surface area contributed by atoms with Gasteiger partial charge in [0.05, 0.1) is 0 Å². The normalized spacial score (nSPS) is 11.8. The number of aromatic nitrogens is 1. The molecule has 0 saturated carbocycles. The summed E-state index contributed by atoms with van der Waals surface area (Å²) >= 11 is 0. The van der Waals surface area contributed by atoms with Gasteiger partial charge in [-0.25, -0.2) is 4.79 Å². The first kappa shape index (κ1) is 17.5. The Morgan fingerprint density at radius 2 is 1.83 bits per heavy atom. The molecule has 1 heterocycles. The van der Waals surface area contributed by atoms with Crippen LogP contribution in [0.5, 0.6) is 0 Å². The number of Topliss-reactive ketones (excluding diaryl/α,β-unsaturated/α-hetero) is 1. The number of nitrogens with one attached hydrogen (secondary N) is 2. The van der Waals surface area contributed by atoms with E-state index in [4.69, 9.17) is 0 Å². The summed E-state index contributed by atoms with van der Waals surface area (Å²) in [4.78, 5) is 38.8. The fourth-order valence-electron chi connectivity index (χ4n) is 2.84. The van der Waals surface area contributed by atoms with Crippen molar-refractivity contribution in [3.8, 4) is 0 Å². The summed E-state index contributed by atoms with van der Waals surface area (Å²) in [7, 11) is 0. The van der Waals surface area contributed by atoms with Crippen LogP contribution in [0.15, 0.2) is 30.3 Å². The molecule has 0 aliphatic carbocycles. The molecule has 1 aromatic carbocycles. The maximum Gasteiger partial charge on any atom is 0.330 e. The lowest BCUT2D eigenvalue weighted by atomic mass is 10.0. The smallest absolute Gasteiger partial charge is 0.330 e. The minimum absolute atomic E-state index is 0.127. The number of H-pyrrole nitrogens is 1. The Morgan fingerprint density at radius 3 is 2.33 bits per heavy atom. The van der Waals surface area contributed by atoms with Crippen molar-refractivity contribution in [2.45, 2.75) is 33.2 Å². The molecule has 126 valence electrons. The first-order valence-corrected chi connectivity index (χ1v) is 7.67. The molecule has 0 fully saturated rings. The van der Waals surface area contributed by atoms with E-state index in [0.717, 1.165) is 0 Å². The van der Waals surface area contributed by atoms with Crippen LogP contribution in [0.4, 0.5) is 0 Å². The predicted molar refractivity (Wildman–Crippen MR) is 89.2 cm³/mol. The zero-order valence-corrected chi connectivity index (χ0v) is 13.8. The summed E-state index contributed by atoms with van der Waals surface area (Å²) in [6, 6.07) is 7.31. The van der Waals surface area contributed by atoms with Crippen LogP contribution in [0.3, 0.4) is 0 Å². The Labute approximate surface area is 139 Å². The second-order valence-corrected chi connectivity index (χ2v) is 5.54. The highest BCUT2D eigenvalue weighted by Crippen LogP contribution is 2.21. The van der Waals surface area contributed by atoms with Gasteiger partial charge in [-0.2, -0.15) is 0 Å². The number of carboxylic acids is 1. The largest absolute Gasteiger partial charge is 0.479 e. The summed E-state index contributed by atoms with van der Waals surface area (Å²) in [5.74, 6) is -1.82. The van der Waals surface area contributed by atoms with E-state index >= 15 is 0 Å². The number of carboxylic acid groups (broad SMARTS) is 1. The van der Waals surface area contributed by atoms with Crippen LogP contribution >= 0.6 is 0 Å². The van der Waals surface area contributed by atoms with E-state index < -0.39 is 17.9 Å². The summed E-state index contributed by atoms with van der Waals surface area (Å²) in [5.41, 5.74) is 2.42. The molecule has 0 saturated heterocycles. The number of amides is 1. The number of aromatic amines is 1. The Hall–Kier alpha value is -2.89. The molecule has 6 nitrogen and oxygen atoms in total. The van der Waals surface area contributed by atoms with Gasteiger partial charge in [0.25, 0.3) is 5.91 Å². The van der Waals surface area contributed by atoms with Gasteiger partial charge in [0, 0.05) is 11.3 Å². The van der Waals surface area contributed by atoms with Crippen molar-refractivity contribution in [1.82, 2.24) is 10.3 Å². The average Bonchev–Trinajstić information content (AvgIpc) is 2.89. The number of aryl methyl sites for hydroxylation is 1. The Bertz CT molecular complexity index is 778. The second kappa shape index (κ2) is 7.12. The minimum atomic E-state index is -1.16. The van der Waals surface area contributed by atoms with Crippen molar-refractivity contribution in [3.05, 3.63) is 58.4 Å². The SMILES string of the molecule is CCc1c(C(=O)N[C@@H](C(=O)O)c2ccccc2)[nH]c(C)c1C(C)=O. The molecule has 0 spiro atoms. The monoisotopic (exact) mass is 328 g/mol. The standard InChI is InChI=1S/C18H20N2O4/c1-4-13-14(11(3)21)10(2)19-16(13)17(22)20-15(18(23)24)12-8-6-5-7-9-12/h5-9,15,19H,4H2,1-3H3,(H,20,22)(H,23,24)/t15-/m1/s1. The zero-order valence-electron chi connectivity index (χ0n) is 13.8. The van der Waals surface area contributed by atoms with Crippen LogP contribution in [0.1, 0.15) is 57.6 Å². The van der Waals surface area contributed by atoms with E-state index in [0.29, 0.717) is 28.8 Å². The van der Waals surface area contributed by atoms with Gasteiger partial charge in [-0.1, -0.05) is 37.3 Å². The van der Waals surface area contributed by atoms with Crippen molar-refractivity contribution in [3.63, 3.8) is 0 Å². The number of carbonyl (C=O) groups is 3. The summed E-state index contributed by atoms with van der Waals surface area (Å²) in [6.07, 6.45) is 0.491. The van der Waals surface area contributed by atoms with Crippen LogP contribution < -0.4 is 5.32 Å². The number of hydrogen-bond acceptors (Lipinski definition) is 3. The lowest BCUT2D eigenvalue weighted by Crippen LogP contribution is -2.34. The lowest BCUT2D eigenvalue weighted by molar-refractivity contribution is -0.139. The molecule has 0 aliphatic heterocycles. The van der Waals surface area contributed by atoms with Crippen molar-refractivity contribution in [2.24, 2.45) is 0 Å². The number of aliphatic carboxylic acids is 1. The van der Waals surface area contributed by atoms with Crippen LogP contribution in [0.2, 0.25) is 0 Å². The molecule has 1 aromatic heterocycles. The fraction of sp³-hybridized carbons (Fsp3) is 0.278. The quantitative estimate of drug-likeness (QED) is 0.710. The van der Waals surface area contributed by atoms with Crippen LogP contribution in [-0.4, -0.2) is 27.8 Å². The van der Waals surface area contributed by atoms with E-state index in [-0.39, 0.29) is 11.5 Å². The topological polar surface area (TPSA) is 99.3 Å². The molecule has 0 bridgehead atoms.